The highest BCUT2D eigenvalue weighted by atomic mass is 15.3. The summed E-state index contributed by atoms with van der Waals surface area (Å²) in [5.41, 5.74) is 2.62. The summed E-state index contributed by atoms with van der Waals surface area (Å²) in [7, 11) is 0. The summed E-state index contributed by atoms with van der Waals surface area (Å²) < 4.78 is 2.20. The Morgan fingerprint density at radius 3 is 2.53 bits per heavy atom. The van der Waals surface area contributed by atoms with Crippen LogP contribution in [0, 0.1) is 5.92 Å². The average molecular weight is 208 g/mol. The third-order valence-electron chi connectivity index (χ3n) is 2.79. The van der Waals surface area contributed by atoms with Crippen LogP contribution in [0.2, 0.25) is 0 Å². The predicted molar refractivity (Wildman–Crippen MR) is 65.1 cm³/mol. The van der Waals surface area contributed by atoms with Gasteiger partial charge < -0.3 is 0 Å². The van der Waals surface area contributed by atoms with E-state index in [-0.39, 0.29) is 0 Å². The first-order chi connectivity index (χ1) is 7.17. The molecule has 0 amide bonds. The topological polar surface area (TPSA) is 17.8 Å². The summed E-state index contributed by atoms with van der Waals surface area (Å²) >= 11 is 0. The van der Waals surface area contributed by atoms with Crippen LogP contribution in [0.3, 0.4) is 0 Å². The summed E-state index contributed by atoms with van der Waals surface area (Å²) in [4.78, 5) is 0. The maximum Gasteiger partial charge on any atom is 0.0624 e. The number of hydrogen-bond donors (Lipinski definition) is 0. The second-order valence-corrected chi connectivity index (χ2v) is 4.59. The van der Waals surface area contributed by atoms with Gasteiger partial charge in [0, 0.05) is 12.2 Å². The first-order valence-electron chi connectivity index (χ1n) is 6.23. The van der Waals surface area contributed by atoms with Gasteiger partial charge in [0.1, 0.15) is 0 Å². The van der Waals surface area contributed by atoms with Gasteiger partial charge in [-0.25, -0.2) is 0 Å². The molecule has 1 rings (SSSR count). The van der Waals surface area contributed by atoms with Crippen molar-refractivity contribution in [3.05, 3.63) is 17.5 Å². The molecule has 0 N–H and O–H groups in total. The molecule has 0 aliphatic heterocycles. The van der Waals surface area contributed by atoms with Crippen LogP contribution in [-0.4, -0.2) is 9.78 Å². The lowest BCUT2D eigenvalue weighted by Gasteiger charge is -2.07. The van der Waals surface area contributed by atoms with Crippen LogP contribution in [0.25, 0.3) is 0 Å². The SMILES string of the molecule is CCc1cc(CC)n(CCCC(C)C)n1. The van der Waals surface area contributed by atoms with E-state index < -0.39 is 0 Å². The van der Waals surface area contributed by atoms with E-state index in [1.807, 2.05) is 0 Å². The van der Waals surface area contributed by atoms with E-state index in [2.05, 4.69) is 43.5 Å². The molecule has 0 atom stereocenters. The molecule has 2 heteroatoms. The van der Waals surface area contributed by atoms with E-state index in [4.69, 9.17) is 0 Å². The molecular weight excluding hydrogens is 184 g/mol. The Morgan fingerprint density at radius 2 is 2.00 bits per heavy atom. The molecule has 0 unspecified atom stereocenters. The van der Waals surface area contributed by atoms with E-state index >= 15 is 0 Å². The van der Waals surface area contributed by atoms with Crippen molar-refractivity contribution in [1.82, 2.24) is 9.78 Å². The highest BCUT2D eigenvalue weighted by Gasteiger charge is 2.04. The van der Waals surface area contributed by atoms with Crippen LogP contribution < -0.4 is 0 Å². The van der Waals surface area contributed by atoms with Gasteiger partial charge in [0.15, 0.2) is 0 Å². The Labute approximate surface area is 93.7 Å². The highest BCUT2D eigenvalue weighted by Crippen LogP contribution is 2.10. The molecular formula is C13H24N2. The molecule has 0 spiro atoms. The molecule has 1 heterocycles. The fourth-order valence-corrected chi connectivity index (χ4v) is 1.82. The molecule has 15 heavy (non-hydrogen) atoms. The van der Waals surface area contributed by atoms with Gasteiger partial charge in [0.25, 0.3) is 0 Å². The summed E-state index contributed by atoms with van der Waals surface area (Å²) in [6.45, 7) is 10.0. The first kappa shape index (κ1) is 12.3. The van der Waals surface area contributed by atoms with Gasteiger partial charge in [-0.15, -0.1) is 0 Å². The molecule has 0 saturated heterocycles. The molecule has 0 radical (unpaired) electrons. The Morgan fingerprint density at radius 1 is 1.27 bits per heavy atom. The third kappa shape index (κ3) is 3.69. The van der Waals surface area contributed by atoms with E-state index in [0.717, 1.165) is 25.3 Å². The van der Waals surface area contributed by atoms with E-state index in [1.54, 1.807) is 0 Å². The van der Waals surface area contributed by atoms with Crippen LogP contribution in [0.15, 0.2) is 6.07 Å². The number of aromatic nitrogens is 2. The van der Waals surface area contributed by atoms with Gasteiger partial charge in [0.2, 0.25) is 0 Å². The molecule has 0 aliphatic carbocycles. The molecule has 0 aromatic carbocycles. The van der Waals surface area contributed by atoms with Gasteiger partial charge >= 0.3 is 0 Å². The van der Waals surface area contributed by atoms with Crippen molar-refractivity contribution in [2.24, 2.45) is 5.92 Å². The van der Waals surface area contributed by atoms with Crippen molar-refractivity contribution in [3.63, 3.8) is 0 Å². The summed E-state index contributed by atoms with van der Waals surface area (Å²) in [6.07, 6.45) is 4.68. The summed E-state index contributed by atoms with van der Waals surface area (Å²) in [6, 6.07) is 2.25. The number of nitrogens with zero attached hydrogens (tertiary/aromatic N) is 2. The fraction of sp³-hybridized carbons (Fsp3) is 0.769. The minimum absolute atomic E-state index is 0.802. The number of aryl methyl sites for hydroxylation is 3. The van der Waals surface area contributed by atoms with E-state index in [1.165, 1.54) is 24.2 Å². The van der Waals surface area contributed by atoms with Gasteiger partial charge in [0.05, 0.1) is 5.69 Å². The lowest BCUT2D eigenvalue weighted by Crippen LogP contribution is -2.05. The second kappa shape index (κ2) is 5.94. The van der Waals surface area contributed by atoms with Crippen molar-refractivity contribution in [3.8, 4) is 0 Å². The second-order valence-electron chi connectivity index (χ2n) is 4.59. The minimum atomic E-state index is 0.802. The van der Waals surface area contributed by atoms with Crippen molar-refractivity contribution >= 4 is 0 Å². The Balaban J connectivity index is 2.54. The molecule has 0 aliphatic rings. The van der Waals surface area contributed by atoms with Gasteiger partial charge in [-0.2, -0.15) is 5.10 Å². The van der Waals surface area contributed by atoms with Crippen LogP contribution in [0.4, 0.5) is 0 Å². The largest absolute Gasteiger partial charge is 0.269 e. The molecule has 1 aromatic heterocycles. The summed E-state index contributed by atoms with van der Waals surface area (Å²) in [5, 5.41) is 4.61. The highest BCUT2D eigenvalue weighted by molar-refractivity contribution is 5.10. The van der Waals surface area contributed by atoms with Crippen LogP contribution in [0.1, 0.15) is 51.9 Å². The van der Waals surface area contributed by atoms with Crippen LogP contribution >= 0.6 is 0 Å². The Hall–Kier alpha value is -0.790. The zero-order chi connectivity index (χ0) is 11.3. The van der Waals surface area contributed by atoms with Gasteiger partial charge in [-0.1, -0.05) is 27.7 Å². The molecule has 0 saturated carbocycles. The Kier molecular flexibility index (Phi) is 4.86. The fourth-order valence-electron chi connectivity index (χ4n) is 1.82. The van der Waals surface area contributed by atoms with Crippen LogP contribution in [-0.2, 0) is 19.4 Å². The first-order valence-corrected chi connectivity index (χ1v) is 6.23. The van der Waals surface area contributed by atoms with Crippen molar-refractivity contribution in [1.29, 1.82) is 0 Å². The zero-order valence-electron chi connectivity index (χ0n) is 10.6. The normalized spacial score (nSPS) is 11.3. The van der Waals surface area contributed by atoms with Gasteiger partial charge in [-0.3, -0.25) is 4.68 Å². The molecule has 0 fully saturated rings. The number of hydrogen-bond acceptors (Lipinski definition) is 1. The Bertz CT molecular complexity index is 287. The van der Waals surface area contributed by atoms with Gasteiger partial charge in [-0.05, 0) is 37.7 Å². The number of rotatable bonds is 6. The predicted octanol–water partition coefficient (Wildman–Crippen LogP) is 3.44. The smallest absolute Gasteiger partial charge is 0.0624 e. The maximum absolute atomic E-state index is 4.61. The zero-order valence-corrected chi connectivity index (χ0v) is 10.6. The van der Waals surface area contributed by atoms with Crippen molar-refractivity contribution < 1.29 is 0 Å². The van der Waals surface area contributed by atoms with E-state index in [9.17, 15) is 0 Å². The van der Waals surface area contributed by atoms with Crippen LogP contribution in [0.5, 0.6) is 0 Å². The maximum atomic E-state index is 4.61. The molecule has 0 bridgehead atoms. The third-order valence-corrected chi connectivity index (χ3v) is 2.79. The lowest BCUT2D eigenvalue weighted by molar-refractivity contribution is 0.479. The quantitative estimate of drug-likeness (QED) is 0.700. The average Bonchev–Trinajstić information content (AvgIpc) is 2.60. The van der Waals surface area contributed by atoms with Crippen molar-refractivity contribution in [2.45, 2.75) is 59.9 Å². The van der Waals surface area contributed by atoms with Crippen molar-refractivity contribution in [2.75, 3.05) is 0 Å². The minimum Gasteiger partial charge on any atom is -0.269 e. The standard InChI is InChI=1S/C13H24N2/c1-5-12-10-13(6-2)15(14-12)9-7-8-11(3)4/h10-11H,5-9H2,1-4H3. The van der Waals surface area contributed by atoms with E-state index in [0.29, 0.717) is 0 Å². The molecule has 86 valence electrons. The summed E-state index contributed by atoms with van der Waals surface area (Å²) in [5.74, 6) is 0.802. The molecule has 2 nitrogen and oxygen atoms in total. The molecule has 1 aromatic rings. The lowest BCUT2D eigenvalue weighted by atomic mass is 10.1. The monoisotopic (exact) mass is 208 g/mol.